The summed E-state index contributed by atoms with van der Waals surface area (Å²) >= 11 is 0. The second-order valence-electron chi connectivity index (χ2n) is 6.77. The molecule has 1 fully saturated rings. The summed E-state index contributed by atoms with van der Waals surface area (Å²) < 4.78 is 10.4. The van der Waals surface area contributed by atoms with Gasteiger partial charge in [-0.1, -0.05) is 36.3 Å². The maximum Gasteiger partial charge on any atom is 0.405 e. The van der Waals surface area contributed by atoms with Gasteiger partial charge in [0.25, 0.3) is 5.91 Å². The predicted octanol–water partition coefficient (Wildman–Crippen LogP) is 2.68. The van der Waals surface area contributed by atoms with E-state index in [-0.39, 0.29) is 17.9 Å². The summed E-state index contributed by atoms with van der Waals surface area (Å²) in [4.78, 5) is 25.8. The first kappa shape index (κ1) is 20.8. The molecule has 1 aromatic rings. The lowest BCUT2D eigenvalue weighted by molar-refractivity contribution is -0.148. The molecule has 0 spiro atoms. The third-order valence-corrected chi connectivity index (χ3v) is 4.96. The first-order valence-electron chi connectivity index (χ1n) is 9.37. The fraction of sp³-hybridized carbons (Fsp3) is 0.524. The van der Waals surface area contributed by atoms with E-state index in [9.17, 15) is 9.59 Å². The van der Waals surface area contributed by atoms with Crippen molar-refractivity contribution in [2.45, 2.75) is 50.7 Å². The van der Waals surface area contributed by atoms with Crippen LogP contribution in [0.5, 0.6) is 0 Å². The number of ether oxygens (including phenoxy) is 2. The third kappa shape index (κ3) is 6.00. The van der Waals surface area contributed by atoms with Gasteiger partial charge in [-0.2, -0.15) is 0 Å². The number of carbonyl (C=O) groups excluding carboxylic acids is 2. The first-order valence-corrected chi connectivity index (χ1v) is 9.37. The predicted molar refractivity (Wildman–Crippen MR) is 103 cm³/mol. The molecule has 6 heteroatoms. The smallest absolute Gasteiger partial charge is 0.405 e. The number of hydrogen-bond acceptors (Lipinski definition) is 4. The average molecular weight is 372 g/mol. The van der Waals surface area contributed by atoms with Gasteiger partial charge in [0, 0.05) is 31.5 Å². The molecule has 6 nitrogen and oxygen atoms in total. The van der Waals surface area contributed by atoms with Gasteiger partial charge in [0.15, 0.2) is 6.10 Å². The number of nitrogens with two attached hydrogens (primary N) is 1. The maximum atomic E-state index is 12.8. The van der Waals surface area contributed by atoms with E-state index in [0.29, 0.717) is 26.2 Å². The van der Waals surface area contributed by atoms with E-state index in [1.54, 1.807) is 0 Å². The van der Waals surface area contributed by atoms with Crippen molar-refractivity contribution in [3.63, 3.8) is 0 Å². The van der Waals surface area contributed by atoms with Crippen LogP contribution in [0.15, 0.2) is 30.3 Å². The molecule has 0 radical (unpaired) electrons. The first-order chi connectivity index (χ1) is 13.0. The van der Waals surface area contributed by atoms with E-state index in [1.165, 1.54) is 0 Å². The summed E-state index contributed by atoms with van der Waals surface area (Å²) in [6.07, 6.45) is 6.51. The molecule has 27 heavy (non-hydrogen) atoms. The number of amides is 2. The number of primary amides is 1. The van der Waals surface area contributed by atoms with Crippen LogP contribution in [-0.4, -0.2) is 48.8 Å². The van der Waals surface area contributed by atoms with Gasteiger partial charge in [0.1, 0.15) is 6.61 Å². The fourth-order valence-corrected chi connectivity index (χ4v) is 3.59. The summed E-state index contributed by atoms with van der Waals surface area (Å²) in [6.45, 7) is 3.60. The summed E-state index contributed by atoms with van der Waals surface area (Å²) in [7, 11) is 0. The Hall–Kier alpha value is -2.52. The minimum absolute atomic E-state index is 0.0188. The zero-order valence-corrected chi connectivity index (χ0v) is 15.8. The number of piperidine rings is 1. The monoisotopic (exact) mass is 372 g/mol. The molecule has 2 N–H and O–H groups in total. The molecule has 0 saturated carbocycles. The molecule has 0 aliphatic carbocycles. The Bertz CT molecular complexity index is 656. The van der Waals surface area contributed by atoms with Gasteiger partial charge in [0.05, 0.1) is 0 Å². The second-order valence-corrected chi connectivity index (χ2v) is 6.77. The summed E-state index contributed by atoms with van der Waals surface area (Å²) in [6, 6.07) is 10.0. The van der Waals surface area contributed by atoms with E-state index in [2.05, 4.69) is 5.92 Å². The summed E-state index contributed by atoms with van der Waals surface area (Å²) in [5, 5.41) is 0. The largest absolute Gasteiger partial charge is 0.436 e. The Kier molecular flexibility index (Phi) is 8.15. The topological polar surface area (TPSA) is 81.9 Å². The molecule has 1 aliphatic rings. The lowest BCUT2D eigenvalue weighted by atomic mass is 9.82. The van der Waals surface area contributed by atoms with Crippen LogP contribution in [0.1, 0.15) is 44.1 Å². The molecule has 3 atom stereocenters. The minimum atomic E-state index is -0.916. The highest BCUT2D eigenvalue weighted by molar-refractivity contribution is 5.84. The molecule has 1 saturated heterocycles. The van der Waals surface area contributed by atoms with Crippen molar-refractivity contribution in [1.29, 1.82) is 0 Å². The Morgan fingerprint density at radius 3 is 2.70 bits per heavy atom. The zero-order chi connectivity index (χ0) is 19.6. The average Bonchev–Trinajstić information content (AvgIpc) is 2.66. The van der Waals surface area contributed by atoms with Crippen molar-refractivity contribution in [1.82, 2.24) is 4.90 Å². The quantitative estimate of drug-likeness (QED) is 0.534. The minimum Gasteiger partial charge on any atom is -0.436 e. The van der Waals surface area contributed by atoms with Gasteiger partial charge >= 0.3 is 6.09 Å². The lowest BCUT2D eigenvalue weighted by Gasteiger charge is -2.42. The SMILES string of the molecule is C#CCOCCCCCN1C(=O)C(OC(N)=O)CC(c2ccccc2)C1C. The van der Waals surface area contributed by atoms with Crippen molar-refractivity contribution in [2.24, 2.45) is 5.73 Å². The number of hydrogen-bond donors (Lipinski definition) is 1. The normalized spacial score (nSPS) is 22.3. The zero-order valence-electron chi connectivity index (χ0n) is 15.8. The number of nitrogens with zero attached hydrogens (tertiary/aromatic N) is 1. The molecule has 0 aromatic heterocycles. The van der Waals surface area contributed by atoms with Crippen LogP contribution in [-0.2, 0) is 14.3 Å². The number of likely N-dealkylation sites (tertiary alicyclic amines) is 1. The number of rotatable bonds is 9. The third-order valence-electron chi connectivity index (χ3n) is 4.96. The number of terminal acetylenes is 1. The molecule has 1 aliphatic heterocycles. The van der Waals surface area contributed by atoms with Gasteiger partial charge in [-0.05, 0) is 31.7 Å². The highest BCUT2D eigenvalue weighted by Crippen LogP contribution is 2.34. The van der Waals surface area contributed by atoms with Crippen LogP contribution in [0.4, 0.5) is 4.79 Å². The van der Waals surface area contributed by atoms with Crippen molar-refractivity contribution < 1.29 is 19.1 Å². The highest BCUT2D eigenvalue weighted by atomic mass is 16.6. The lowest BCUT2D eigenvalue weighted by Crippen LogP contribution is -2.54. The van der Waals surface area contributed by atoms with Gasteiger partial charge in [0.2, 0.25) is 0 Å². The second kappa shape index (κ2) is 10.6. The standard InChI is InChI=1S/C21H28N2O4/c1-3-13-26-14-9-5-8-12-23-16(2)18(17-10-6-4-7-11-17)15-19(20(23)24)27-21(22)25/h1,4,6-7,10-11,16,18-19H,5,8-9,12-15H2,2H3,(H2,22,25). The van der Waals surface area contributed by atoms with Crippen LogP contribution in [0.25, 0.3) is 0 Å². The van der Waals surface area contributed by atoms with E-state index < -0.39 is 12.2 Å². The van der Waals surface area contributed by atoms with Crippen LogP contribution in [0.3, 0.4) is 0 Å². The Morgan fingerprint density at radius 2 is 2.04 bits per heavy atom. The molecule has 1 heterocycles. The van der Waals surface area contributed by atoms with Crippen molar-refractivity contribution >= 4 is 12.0 Å². The number of carbonyl (C=O) groups is 2. The summed E-state index contributed by atoms with van der Waals surface area (Å²) in [5.41, 5.74) is 6.30. The molecule has 1 aromatic carbocycles. The Morgan fingerprint density at radius 1 is 1.30 bits per heavy atom. The van der Waals surface area contributed by atoms with E-state index in [0.717, 1.165) is 24.8 Å². The van der Waals surface area contributed by atoms with Crippen LogP contribution < -0.4 is 5.73 Å². The molecule has 3 unspecified atom stereocenters. The van der Waals surface area contributed by atoms with E-state index in [1.807, 2.05) is 42.2 Å². The van der Waals surface area contributed by atoms with Crippen molar-refractivity contribution in [3.8, 4) is 12.3 Å². The molecule has 2 rings (SSSR count). The van der Waals surface area contributed by atoms with Crippen LogP contribution in [0.2, 0.25) is 0 Å². The van der Waals surface area contributed by atoms with E-state index >= 15 is 0 Å². The maximum absolute atomic E-state index is 12.8. The van der Waals surface area contributed by atoms with Gasteiger partial charge in [-0.3, -0.25) is 4.79 Å². The number of benzene rings is 1. The van der Waals surface area contributed by atoms with Gasteiger partial charge in [-0.15, -0.1) is 6.42 Å². The summed E-state index contributed by atoms with van der Waals surface area (Å²) in [5.74, 6) is 2.36. The molecular formula is C21H28N2O4. The Balaban J connectivity index is 2.00. The molecule has 146 valence electrons. The van der Waals surface area contributed by atoms with E-state index in [4.69, 9.17) is 21.6 Å². The molecular weight excluding hydrogens is 344 g/mol. The molecule has 2 amide bonds. The van der Waals surface area contributed by atoms with Gasteiger partial charge < -0.3 is 20.1 Å². The number of unbranched alkanes of at least 4 members (excludes halogenated alkanes) is 2. The van der Waals surface area contributed by atoms with Gasteiger partial charge in [-0.25, -0.2) is 4.79 Å². The van der Waals surface area contributed by atoms with Crippen molar-refractivity contribution in [2.75, 3.05) is 19.8 Å². The fourth-order valence-electron chi connectivity index (χ4n) is 3.59. The Labute approximate surface area is 161 Å². The van der Waals surface area contributed by atoms with Crippen molar-refractivity contribution in [3.05, 3.63) is 35.9 Å². The van der Waals surface area contributed by atoms with Crippen LogP contribution >= 0.6 is 0 Å². The molecule has 0 bridgehead atoms. The van der Waals surface area contributed by atoms with Crippen LogP contribution in [0, 0.1) is 12.3 Å². The highest BCUT2D eigenvalue weighted by Gasteiger charge is 2.41.